The molecule has 1 unspecified atom stereocenters. The van der Waals surface area contributed by atoms with Gasteiger partial charge < -0.3 is 5.32 Å². The van der Waals surface area contributed by atoms with Gasteiger partial charge in [0.2, 0.25) is 10.0 Å². The lowest BCUT2D eigenvalue weighted by atomic mass is 10.1. The Kier molecular flexibility index (Phi) is 5.30. The zero-order valence-electron chi connectivity index (χ0n) is 14.9. The molecule has 3 rings (SSSR count). The highest BCUT2D eigenvalue weighted by Crippen LogP contribution is 2.24. The standard InChI is InChI=1S/C19H20F2N2O3S/c1-11-3-7-15(27(25,26)23-14-5-6-14)10-17(11)19(24)22-12(2)16-8-4-13(20)9-18(16)21/h3-4,7-10,12,14,23H,5-6H2,1-2H3,(H,22,24). The number of aryl methyl sites for hydroxylation is 1. The maximum absolute atomic E-state index is 13.9. The Morgan fingerprint density at radius 3 is 2.48 bits per heavy atom. The number of amides is 1. The third-order valence-electron chi connectivity index (χ3n) is 4.44. The van der Waals surface area contributed by atoms with Crippen LogP contribution >= 0.6 is 0 Å². The maximum atomic E-state index is 13.9. The predicted octanol–water partition coefficient (Wildman–Crippen LogP) is 3.20. The van der Waals surface area contributed by atoms with Crippen LogP contribution in [0.15, 0.2) is 41.3 Å². The van der Waals surface area contributed by atoms with Gasteiger partial charge in [0.05, 0.1) is 10.9 Å². The van der Waals surface area contributed by atoms with Crippen LogP contribution < -0.4 is 10.0 Å². The molecule has 0 radical (unpaired) electrons. The van der Waals surface area contributed by atoms with Gasteiger partial charge in [-0.15, -0.1) is 0 Å². The average Bonchev–Trinajstić information content (AvgIpc) is 3.38. The molecular weight excluding hydrogens is 374 g/mol. The van der Waals surface area contributed by atoms with E-state index in [4.69, 9.17) is 0 Å². The molecule has 0 bridgehead atoms. The lowest BCUT2D eigenvalue weighted by Crippen LogP contribution is -2.29. The molecule has 1 atom stereocenters. The summed E-state index contributed by atoms with van der Waals surface area (Å²) in [5.74, 6) is -2.00. The van der Waals surface area contributed by atoms with Gasteiger partial charge in [0.25, 0.3) is 5.91 Å². The minimum Gasteiger partial charge on any atom is -0.345 e. The first-order valence-electron chi connectivity index (χ1n) is 8.56. The van der Waals surface area contributed by atoms with Crippen LogP contribution in [0.1, 0.15) is 47.3 Å². The molecule has 2 aromatic carbocycles. The number of hydrogen-bond donors (Lipinski definition) is 2. The molecule has 2 aromatic rings. The fourth-order valence-electron chi connectivity index (χ4n) is 2.71. The molecule has 144 valence electrons. The molecule has 1 aliphatic carbocycles. The van der Waals surface area contributed by atoms with E-state index >= 15 is 0 Å². The second kappa shape index (κ2) is 7.36. The van der Waals surface area contributed by atoms with Crippen molar-refractivity contribution in [2.24, 2.45) is 0 Å². The molecule has 0 saturated heterocycles. The summed E-state index contributed by atoms with van der Waals surface area (Å²) >= 11 is 0. The number of rotatable bonds is 6. The molecule has 5 nitrogen and oxygen atoms in total. The molecule has 0 heterocycles. The van der Waals surface area contributed by atoms with E-state index in [0.29, 0.717) is 5.56 Å². The van der Waals surface area contributed by atoms with E-state index in [1.54, 1.807) is 19.9 Å². The SMILES string of the molecule is Cc1ccc(S(=O)(=O)NC2CC2)cc1C(=O)NC(C)c1ccc(F)cc1F. The number of nitrogens with one attached hydrogen (secondary N) is 2. The van der Waals surface area contributed by atoms with Crippen molar-refractivity contribution in [1.82, 2.24) is 10.0 Å². The lowest BCUT2D eigenvalue weighted by molar-refractivity contribution is 0.0938. The van der Waals surface area contributed by atoms with E-state index in [1.165, 1.54) is 18.2 Å². The van der Waals surface area contributed by atoms with Gasteiger partial charge in [0.15, 0.2) is 0 Å². The van der Waals surface area contributed by atoms with Crippen LogP contribution in [0, 0.1) is 18.6 Å². The van der Waals surface area contributed by atoms with Gasteiger partial charge in [0.1, 0.15) is 11.6 Å². The van der Waals surface area contributed by atoms with Crippen molar-refractivity contribution in [2.45, 2.75) is 43.7 Å². The Bertz CT molecular complexity index is 988. The van der Waals surface area contributed by atoms with Crippen molar-refractivity contribution in [3.63, 3.8) is 0 Å². The molecule has 1 aliphatic rings. The Labute approximate surface area is 156 Å². The van der Waals surface area contributed by atoms with Crippen LogP contribution in [-0.2, 0) is 10.0 Å². The van der Waals surface area contributed by atoms with Crippen LogP contribution in [0.5, 0.6) is 0 Å². The first-order chi connectivity index (χ1) is 12.7. The lowest BCUT2D eigenvalue weighted by Gasteiger charge is -2.17. The summed E-state index contributed by atoms with van der Waals surface area (Å²) in [7, 11) is -3.69. The summed E-state index contributed by atoms with van der Waals surface area (Å²) in [5.41, 5.74) is 0.911. The van der Waals surface area contributed by atoms with Crippen molar-refractivity contribution < 1.29 is 22.0 Å². The Morgan fingerprint density at radius 1 is 1.15 bits per heavy atom. The Morgan fingerprint density at radius 2 is 1.85 bits per heavy atom. The Balaban J connectivity index is 1.82. The smallest absolute Gasteiger partial charge is 0.252 e. The van der Waals surface area contributed by atoms with Crippen LogP contribution in [-0.4, -0.2) is 20.4 Å². The van der Waals surface area contributed by atoms with Gasteiger partial charge in [-0.2, -0.15) is 0 Å². The molecule has 1 fully saturated rings. The van der Waals surface area contributed by atoms with Crippen molar-refractivity contribution in [3.8, 4) is 0 Å². The fourth-order valence-corrected chi connectivity index (χ4v) is 4.04. The van der Waals surface area contributed by atoms with E-state index in [2.05, 4.69) is 10.0 Å². The van der Waals surface area contributed by atoms with Crippen molar-refractivity contribution in [1.29, 1.82) is 0 Å². The zero-order chi connectivity index (χ0) is 19.8. The summed E-state index contributed by atoms with van der Waals surface area (Å²) < 4.78 is 54.2. The largest absolute Gasteiger partial charge is 0.345 e. The van der Waals surface area contributed by atoms with Crippen molar-refractivity contribution in [3.05, 3.63) is 64.7 Å². The summed E-state index contributed by atoms with van der Waals surface area (Å²) in [6.07, 6.45) is 1.61. The minimum atomic E-state index is -3.69. The monoisotopic (exact) mass is 394 g/mol. The molecular formula is C19H20F2N2O3S. The first-order valence-corrected chi connectivity index (χ1v) is 10.0. The summed E-state index contributed by atoms with van der Waals surface area (Å²) in [6.45, 7) is 3.25. The second-order valence-electron chi connectivity index (χ2n) is 6.73. The highest BCUT2D eigenvalue weighted by molar-refractivity contribution is 7.89. The number of sulfonamides is 1. The summed E-state index contributed by atoms with van der Waals surface area (Å²) in [4.78, 5) is 12.6. The van der Waals surface area contributed by atoms with Gasteiger partial charge in [-0.3, -0.25) is 4.79 Å². The van der Waals surface area contributed by atoms with Crippen LogP contribution in [0.25, 0.3) is 0 Å². The molecule has 2 N–H and O–H groups in total. The van der Waals surface area contributed by atoms with E-state index in [0.717, 1.165) is 25.0 Å². The van der Waals surface area contributed by atoms with E-state index in [1.807, 2.05) is 0 Å². The molecule has 0 aromatic heterocycles. The van der Waals surface area contributed by atoms with Crippen LogP contribution in [0.4, 0.5) is 8.78 Å². The quantitative estimate of drug-likeness (QED) is 0.790. The average molecular weight is 394 g/mol. The molecule has 0 spiro atoms. The normalized spacial score (nSPS) is 15.4. The number of hydrogen-bond acceptors (Lipinski definition) is 3. The first kappa shape index (κ1) is 19.4. The highest BCUT2D eigenvalue weighted by atomic mass is 32.2. The molecule has 8 heteroatoms. The number of benzene rings is 2. The van der Waals surface area contributed by atoms with E-state index in [9.17, 15) is 22.0 Å². The van der Waals surface area contributed by atoms with Gasteiger partial charge in [-0.25, -0.2) is 21.9 Å². The maximum Gasteiger partial charge on any atom is 0.252 e. The van der Waals surface area contributed by atoms with E-state index in [-0.39, 0.29) is 22.1 Å². The van der Waals surface area contributed by atoms with Crippen molar-refractivity contribution in [2.75, 3.05) is 0 Å². The molecule has 1 amide bonds. The van der Waals surface area contributed by atoms with Crippen LogP contribution in [0.3, 0.4) is 0 Å². The third kappa shape index (κ3) is 4.51. The summed E-state index contributed by atoms with van der Waals surface area (Å²) in [6, 6.07) is 6.67. The van der Waals surface area contributed by atoms with Crippen molar-refractivity contribution >= 4 is 15.9 Å². The number of halogens is 2. The van der Waals surface area contributed by atoms with Crippen LogP contribution in [0.2, 0.25) is 0 Å². The zero-order valence-corrected chi connectivity index (χ0v) is 15.7. The third-order valence-corrected chi connectivity index (χ3v) is 5.96. The minimum absolute atomic E-state index is 0.00534. The van der Waals surface area contributed by atoms with Gasteiger partial charge in [-0.1, -0.05) is 12.1 Å². The molecule has 27 heavy (non-hydrogen) atoms. The van der Waals surface area contributed by atoms with E-state index < -0.39 is 33.6 Å². The fraction of sp³-hybridized carbons (Fsp3) is 0.316. The predicted molar refractivity (Wildman–Crippen MR) is 96.8 cm³/mol. The van der Waals surface area contributed by atoms with Gasteiger partial charge in [-0.05, 0) is 50.5 Å². The van der Waals surface area contributed by atoms with Gasteiger partial charge in [0, 0.05) is 23.2 Å². The highest BCUT2D eigenvalue weighted by Gasteiger charge is 2.28. The number of carbonyl (C=O) groups is 1. The van der Waals surface area contributed by atoms with Gasteiger partial charge >= 0.3 is 0 Å². The molecule has 1 saturated carbocycles. The summed E-state index contributed by atoms with van der Waals surface area (Å²) in [5, 5.41) is 2.63. The Hall–Kier alpha value is -2.32. The molecule has 0 aliphatic heterocycles. The topological polar surface area (TPSA) is 75.3 Å². The second-order valence-corrected chi connectivity index (χ2v) is 8.45. The number of carbonyl (C=O) groups excluding carboxylic acids is 1.